The van der Waals surface area contributed by atoms with Crippen molar-refractivity contribution in [2.75, 3.05) is 16.8 Å². The molecule has 0 saturated carbocycles. The van der Waals surface area contributed by atoms with Crippen molar-refractivity contribution < 1.29 is 14.7 Å². The Morgan fingerprint density at radius 2 is 1.71 bits per heavy atom. The van der Waals surface area contributed by atoms with Gasteiger partial charge in [0.15, 0.2) is 0 Å². The lowest BCUT2D eigenvalue weighted by Gasteiger charge is -2.24. The number of aliphatic carboxylic acids is 1. The number of carboxylic acid groups (broad SMARTS) is 1. The van der Waals surface area contributed by atoms with Gasteiger partial charge in [-0.1, -0.05) is 79.5 Å². The van der Waals surface area contributed by atoms with Crippen molar-refractivity contribution in [2.24, 2.45) is 0 Å². The van der Waals surface area contributed by atoms with E-state index in [9.17, 15) is 14.7 Å². The number of anilines is 2. The van der Waals surface area contributed by atoms with Crippen LogP contribution >= 0.6 is 35.0 Å². The summed E-state index contributed by atoms with van der Waals surface area (Å²) < 4.78 is 0. The highest BCUT2D eigenvalue weighted by Gasteiger charge is 2.19. The molecule has 0 saturated heterocycles. The molecule has 1 atom stereocenters. The van der Waals surface area contributed by atoms with Crippen LogP contribution in [0.25, 0.3) is 0 Å². The third-order valence-electron chi connectivity index (χ3n) is 5.53. The van der Waals surface area contributed by atoms with Crippen molar-refractivity contribution in [3.8, 4) is 0 Å². The first-order chi connectivity index (χ1) is 16.8. The number of amides is 2. The summed E-state index contributed by atoms with van der Waals surface area (Å²) in [5, 5.41) is 12.9. The first kappa shape index (κ1) is 26.9. The number of carbonyl (C=O) groups is 2. The SMILES string of the molecule is CCCCN(C(=O)Nc1cccc(Cl)c1Cl)c1cccc(Sc2ccc(C(CC)C(=O)O)cc2)c1. The molecule has 5 nitrogen and oxygen atoms in total. The number of nitrogens with one attached hydrogen (secondary N) is 1. The maximum Gasteiger partial charge on any atom is 0.326 e. The van der Waals surface area contributed by atoms with Crippen LogP contribution in [0.2, 0.25) is 10.0 Å². The van der Waals surface area contributed by atoms with Gasteiger partial charge in [0.2, 0.25) is 0 Å². The molecule has 0 aliphatic carbocycles. The zero-order valence-electron chi connectivity index (χ0n) is 19.6. The van der Waals surface area contributed by atoms with Gasteiger partial charge in [-0.3, -0.25) is 9.69 Å². The Morgan fingerprint density at radius 1 is 1.00 bits per heavy atom. The van der Waals surface area contributed by atoms with Crippen LogP contribution in [0.4, 0.5) is 16.2 Å². The highest BCUT2D eigenvalue weighted by atomic mass is 35.5. The minimum absolute atomic E-state index is 0.284. The molecular formula is C27H28Cl2N2O3S. The second kappa shape index (κ2) is 12.9. The Labute approximate surface area is 220 Å². The van der Waals surface area contributed by atoms with Crippen LogP contribution in [0, 0.1) is 0 Å². The Balaban J connectivity index is 1.80. The Morgan fingerprint density at radius 3 is 2.37 bits per heavy atom. The third kappa shape index (κ3) is 7.17. The molecule has 2 amide bonds. The van der Waals surface area contributed by atoms with E-state index in [4.69, 9.17) is 23.2 Å². The summed E-state index contributed by atoms with van der Waals surface area (Å²) in [5.41, 5.74) is 2.02. The predicted octanol–water partition coefficient (Wildman–Crippen LogP) is 8.56. The molecule has 0 heterocycles. The predicted molar refractivity (Wildman–Crippen MR) is 145 cm³/mol. The van der Waals surface area contributed by atoms with Crippen LogP contribution in [-0.2, 0) is 4.79 Å². The molecule has 1 unspecified atom stereocenters. The summed E-state index contributed by atoms with van der Waals surface area (Å²) >= 11 is 13.9. The molecule has 0 fully saturated rings. The van der Waals surface area contributed by atoms with Crippen LogP contribution in [0.15, 0.2) is 76.5 Å². The summed E-state index contributed by atoms with van der Waals surface area (Å²) in [4.78, 5) is 28.3. The summed E-state index contributed by atoms with van der Waals surface area (Å²) in [7, 11) is 0. The third-order valence-corrected chi connectivity index (χ3v) is 7.34. The molecule has 8 heteroatoms. The van der Waals surface area contributed by atoms with Crippen molar-refractivity contribution in [3.63, 3.8) is 0 Å². The molecule has 3 aromatic carbocycles. The Hall–Kier alpha value is -2.67. The lowest BCUT2D eigenvalue weighted by molar-refractivity contribution is -0.138. The number of urea groups is 1. The van der Waals surface area contributed by atoms with Gasteiger partial charge in [0.05, 0.1) is 21.7 Å². The number of hydrogen-bond donors (Lipinski definition) is 2. The number of hydrogen-bond acceptors (Lipinski definition) is 3. The molecule has 3 aromatic rings. The van der Waals surface area contributed by atoms with Gasteiger partial charge in [0.1, 0.15) is 0 Å². The number of nitrogens with zero attached hydrogens (tertiary/aromatic N) is 1. The maximum absolute atomic E-state index is 13.2. The molecule has 184 valence electrons. The first-order valence-corrected chi connectivity index (χ1v) is 13.0. The number of unbranched alkanes of at least 4 members (excludes halogenated alkanes) is 1. The van der Waals surface area contributed by atoms with E-state index in [1.807, 2.05) is 55.5 Å². The highest BCUT2D eigenvalue weighted by molar-refractivity contribution is 7.99. The molecule has 3 rings (SSSR count). The van der Waals surface area contributed by atoms with E-state index in [-0.39, 0.29) is 6.03 Å². The number of benzene rings is 3. The van der Waals surface area contributed by atoms with E-state index >= 15 is 0 Å². The van der Waals surface area contributed by atoms with Crippen LogP contribution in [-0.4, -0.2) is 23.7 Å². The molecule has 2 N–H and O–H groups in total. The average Bonchev–Trinajstić information content (AvgIpc) is 2.84. The largest absolute Gasteiger partial charge is 0.481 e. The van der Waals surface area contributed by atoms with Gasteiger partial charge < -0.3 is 10.4 Å². The standard InChI is InChI=1S/C27H28Cl2N2O3S/c1-3-5-16-31(27(34)30-24-11-7-10-23(28)25(24)29)19-8-6-9-21(17-19)35-20-14-12-18(13-15-20)22(4-2)26(32)33/h6-15,17,22H,3-5,16H2,1-2H3,(H,30,34)(H,32,33). The molecular weight excluding hydrogens is 503 g/mol. The highest BCUT2D eigenvalue weighted by Crippen LogP contribution is 2.33. The number of carboxylic acids is 1. The molecule has 0 spiro atoms. The van der Waals surface area contributed by atoms with Gasteiger partial charge in [0.25, 0.3) is 0 Å². The van der Waals surface area contributed by atoms with Gasteiger partial charge >= 0.3 is 12.0 Å². The van der Waals surface area contributed by atoms with E-state index in [1.165, 1.54) is 0 Å². The molecule has 0 aromatic heterocycles. The van der Waals surface area contributed by atoms with Gasteiger partial charge in [-0.05, 0) is 60.9 Å². The summed E-state index contributed by atoms with van der Waals surface area (Å²) in [6.07, 6.45) is 2.33. The molecule has 0 bridgehead atoms. The first-order valence-electron chi connectivity index (χ1n) is 11.5. The van der Waals surface area contributed by atoms with E-state index < -0.39 is 11.9 Å². The molecule has 0 radical (unpaired) electrons. The minimum atomic E-state index is -0.815. The van der Waals surface area contributed by atoms with Gasteiger partial charge in [-0.25, -0.2) is 4.79 Å². The van der Waals surface area contributed by atoms with Crippen molar-refractivity contribution in [2.45, 2.75) is 48.8 Å². The zero-order chi connectivity index (χ0) is 25.4. The fourth-order valence-corrected chi connectivity index (χ4v) is 4.84. The Kier molecular flexibility index (Phi) is 9.90. The number of carbonyl (C=O) groups excluding carboxylic acids is 1. The lowest BCUT2D eigenvalue weighted by Crippen LogP contribution is -2.35. The van der Waals surface area contributed by atoms with Gasteiger partial charge in [0, 0.05) is 22.0 Å². The molecule has 0 aliphatic heterocycles. The monoisotopic (exact) mass is 530 g/mol. The topological polar surface area (TPSA) is 69.6 Å². The Bertz CT molecular complexity index is 1170. The molecule has 0 aliphatic rings. The van der Waals surface area contributed by atoms with Crippen LogP contribution in [0.3, 0.4) is 0 Å². The van der Waals surface area contributed by atoms with Crippen LogP contribution in [0.5, 0.6) is 0 Å². The van der Waals surface area contributed by atoms with Gasteiger partial charge in [-0.2, -0.15) is 0 Å². The summed E-state index contributed by atoms with van der Waals surface area (Å²) in [5.74, 6) is -1.32. The second-order valence-corrected chi connectivity index (χ2v) is 9.94. The van der Waals surface area contributed by atoms with E-state index in [2.05, 4.69) is 12.2 Å². The summed E-state index contributed by atoms with van der Waals surface area (Å²) in [6, 6.07) is 20.2. The quantitative estimate of drug-likeness (QED) is 0.275. The van der Waals surface area contributed by atoms with Crippen molar-refractivity contribution >= 4 is 58.3 Å². The molecule has 35 heavy (non-hydrogen) atoms. The van der Waals surface area contributed by atoms with Crippen molar-refractivity contribution in [1.29, 1.82) is 0 Å². The fourth-order valence-electron chi connectivity index (χ4n) is 3.62. The van der Waals surface area contributed by atoms with E-state index in [0.29, 0.717) is 28.7 Å². The number of halogens is 2. The number of rotatable bonds is 10. The smallest absolute Gasteiger partial charge is 0.326 e. The normalized spacial score (nSPS) is 11.7. The van der Waals surface area contributed by atoms with Crippen molar-refractivity contribution in [3.05, 3.63) is 82.3 Å². The van der Waals surface area contributed by atoms with Gasteiger partial charge in [-0.15, -0.1) is 0 Å². The van der Waals surface area contributed by atoms with Crippen molar-refractivity contribution in [1.82, 2.24) is 0 Å². The average molecular weight is 532 g/mol. The van der Waals surface area contributed by atoms with E-state index in [0.717, 1.165) is 33.9 Å². The maximum atomic E-state index is 13.2. The minimum Gasteiger partial charge on any atom is -0.481 e. The second-order valence-electron chi connectivity index (χ2n) is 8.00. The van der Waals surface area contributed by atoms with E-state index in [1.54, 1.807) is 34.9 Å². The lowest BCUT2D eigenvalue weighted by atomic mass is 9.97. The van der Waals surface area contributed by atoms with Crippen LogP contribution < -0.4 is 10.2 Å². The zero-order valence-corrected chi connectivity index (χ0v) is 22.0. The summed E-state index contributed by atoms with van der Waals surface area (Å²) in [6.45, 7) is 4.50. The fraction of sp³-hybridized carbons (Fsp3) is 0.259. The van der Waals surface area contributed by atoms with Crippen LogP contribution in [0.1, 0.15) is 44.6 Å².